The summed E-state index contributed by atoms with van der Waals surface area (Å²) in [6.45, 7) is 5.84. The van der Waals surface area contributed by atoms with Crippen LogP contribution in [0.1, 0.15) is 30.4 Å². The molecule has 1 aliphatic heterocycles. The van der Waals surface area contributed by atoms with Crippen LogP contribution in [-0.2, 0) is 0 Å². The van der Waals surface area contributed by atoms with Crippen molar-refractivity contribution >= 4 is 5.82 Å². The quantitative estimate of drug-likeness (QED) is 0.888. The third-order valence-electron chi connectivity index (χ3n) is 5.42. The summed E-state index contributed by atoms with van der Waals surface area (Å²) in [5.41, 5.74) is 3.75. The van der Waals surface area contributed by atoms with Gasteiger partial charge in [-0.1, -0.05) is 6.07 Å². The van der Waals surface area contributed by atoms with Crippen molar-refractivity contribution in [2.45, 2.75) is 39.2 Å². The first-order valence-electron chi connectivity index (χ1n) is 8.53. The second-order valence-electron chi connectivity index (χ2n) is 7.51. The lowest BCUT2D eigenvalue weighted by Crippen LogP contribution is -2.55. The van der Waals surface area contributed by atoms with Crippen molar-refractivity contribution in [3.05, 3.63) is 35.4 Å². The minimum Gasteiger partial charge on any atom is -0.507 e. The van der Waals surface area contributed by atoms with Gasteiger partial charge in [-0.2, -0.15) is 0 Å². The summed E-state index contributed by atoms with van der Waals surface area (Å²) in [7, 11) is 0. The number of rotatable bonds is 2. The molecule has 1 aromatic heterocycles. The predicted molar refractivity (Wildman–Crippen MR) is 93.1 cm³/mol. The summed E-state index contributed by atoms with van der Waals surface area (Å²) in [5.74, 6) is 1.12. The largest absolute Gasteiger partial charge is 0.507 e. The molecule has 1 saturated carbocycles. The molecule has 126 valence electrons. The Hall–Kier alpha value is -2.14. The summed E-state index contributed by atoms with van der Waals surface area (Å²) < 4.78 is 0. The molecule has 2 heterocycles. The Morgan fingerprint density at radius 3 is 2.54 bits per heavy atom. The zero-order valence-corrected chi connectivity index (χ0v) is 14.2. The number of hydrogen-bond acceptors (Lipinski definition) is 5. The van der Waals surface area contributed by atoms with Gasteiger partial charge in [0.1, 0.15) is 5.75 Å². The molecule has 5 heteroatoms. The van der Waals surface area contributed by atoms with E-state index >= 15 is 0 Å². The Morgan fingerprint density at radius 2 is 1.96 bits per heavy atom. The van der Waals surface area contributed by atoms with Crippen LogP contribution in [0.5, 0.6) is 5.75 Å². The maximum absolute atomic E-state index is 10.2. The van der Waals surface area contributed by atoms with Crippen molar-refractivity contribution in [2.75, 3.05) is 18.0 Å². The standard InChI is InChI=1S/C19H23N3O2/c1-12-7-13(2)18(16(24)8-12)15-3-4-17(21-20-15)22-10-19(11-22)6-5-14(23)9-19/h3-4,7-8,14,23-24H,5-6,9-11H2,1-2H3. The molecule has 2 aromatic rings. The minimum absolute atomic E-state index is 0.131. The Morgan fingerprint density at radius 1 is 1.17 bits per heavy atom. The highest BCUT2D eigenvalue weighted by Crippen LogP contribution is 2.46. The highest BCUT2D eigenvalue weighted by atomic mass is 16.3. The van der Waals surface area contributed by atoms with Crippen molar-refractivity contribution in [3.8, 4) is 17.0 Å². The summed E-state index contributed by atoms with van der Waals surface area (Å²) in [6.07, 6.45) is 2.80. The summed E-state index contributed by atoms with van der Waals surface area (Å²) in [6, 6.07) is 7.69. The first-order chi connectivity index (χ1) is 11.5. The van der Waals surface area contributed by atoms with Gasteiger partial charge in [0.25, 0.3) is 0 Å². The Balaban J connectivity index is 1.52. The first kappa shape index (κ1) is 15.4. The minimum atomic E-state index is -0.131. The number of benzene rings is 1. The van der Waals surface area contributed by atoms with E-state index < -0.39 is 0 Å². The number of nitrogens with zero attached hydrogens (tertiary/aromatic N) is 3. The predicted octanol–water partition coefficient (Wildman–Crippen LogP) is 2.82. The molecule has 1 atom stereocenters. The summed E-state index contributed by atoms with van der Waals surface area (Å²) >= 11 is 0. The fourth-order valence-electron chi connectivity index (χ4n) is 4.30. The van der Waals surface area contributed by atoms with Gasteiger partial charge in [0.15, 0.2) is 5.82 Å². The normalized spacial score (nSPS) is 22.0. The van der Waals surface area contributed by atoms with Crippen molar-refractivity contribution in [1.29, 1.82) is 0 Å². The highest BCUT2D eigenvalue weighted by molar-refractivity contribution is 5.71. The zero-order valence-electron chi connectivity index (χ0n) is 14.2. The Kier molecular flexibility index (Phi) is 3.49. The van der Waals surface area contributed by atoms with Crippen LogP contribution in [-0.4, -0.2) is 39.6 Å². The van der Waals surface area contributed by atoms with Crippen molar-refractivity contribution in [3.63, 3.8) is 0 Å². The van der Waals surface area contributed by atoms with Crippen LogP contribution in [0.3, 0.4) is 0 Å². The average Bonchev–Trinajstić information content (AvgIpc) is 2.88. The van der Waals surface area contributed by atoms with Crippen LogP contribution in [0.15, 0.2) is 24.3 Å². The number of aryl methyl sites for hydroxylation is 2. The smallest absolute Gasteiger partial charge is 0.151 e. The molecule has 2 N–H and O–H groups in total. The van der Waals surface area contributed by atoms with Gasteiger partial charge in [0.05, 0.1) is 11.8 Å². The summed E-state index contributed by atoms with van der Waals surface area (Å²) in [4.78, 5) is 2.22. The van der Waals surface area contributed by atoms with Crippen LogP contribution >= 0.6 is 0 Å². The number of phenolic OH excluding ortho intramolecular Hbond substituents is 1. The van der Waals surface area contributed by atoms with E-state index in [9.17, 15) is 10.2 Å². The van der Waals surface area contributed by atoms with Crippen LogP contribution in [0.2, 0.25) is 0 Å². The number of phenols is 1. The van der Waals surface area contributed by atoms with Gasteiger partial charge < -0.3 is 15.1 Å². The first-order valence-corrected chi connectivity index (χ1v) is 8.53. The molecule has 1 aliphatic carbocycles. The van der Waals surface area contributed by atoms with Gasteiger partial charge in [0.2, 0.25) is 0 Å². The van der Waals surface area contributed by atoms with Crippen molar-refractivity contribution < 1.29 is 10.2 Å². The molecule has 1 aromatic carbocycles. The molecule has 2 aliphatic rings. The number of aromatic nitrogens is 2. The number of anilines is 1. The van der Waals surface area contributed by atoms with E-state index in [4.69, 9.17) is 0 Å². The highest BCUT2D eigenvalue weighted by Gasteiger charge is 2.48. The van der Waals surface area contributed by atoms with Crippen LogP contribution in [0, 0.1) is 19.3 Å². The fraction of sp³-hybridized carbons (Fsp3) is 0.474. The van der Waals surface area contributed by atoms with E-state index in [1.807, 2.05) is 32.0 Å². The second kappa shape index (κ2) is 5.45. The number of aromatic hydroxyl groups is 1. The third-order valence-corrected chi connectivity index (χ3v) is 5.42. The Labute approximate surface area is 142 Å². The molecule has 5 nitrogen and oxygen atoms in total. The molecule has 2 fully saturated rings. The molecular weight excluding hydrogens is 302 g/mol. The van der Waals surface area contributed by atoms with Gasteiger partial charge in [-0.15, -0.1) is 10.2 Å². The molecule has 1 saturated heterocycles. The van der Waals surface area contributed by atoms with E-state index in [0.29, 0.717) is 5.69 Å². The van der Waals surface area contributed by atoms with Gasteiger partial charge in [-0.3, -0.25) is 0 Å². The van der Waals surface area contributed by atoms with E-state index in [1.165, 1.54) is 0 Å². The van der Waals surface area contributed by atoms with Crippen molar-refractivity contribution in [1.82, 2.24) is 10.2 Å². The maximum Gasteiger partial charge on any atom is 0.151 e. The van der Waals surface area contributed by atoms with E-state index in [0.717, 1.165) is 54.9 Å². The van der Waals surface area contributed by atoms with E-state index in [-0.39, 0.29) is 17.3 Å². The zero-order chi connectivity index (χ0) is 16.9. The lowest BCUT2D eigenvalue weighted by molar-refractivity contribution is 0.142. The van der Waals surface area contributed by atoms with Crippen LogP contribution < -0.4 is 4.90 Å². The molecule has 0 amide bonds. The molecule has 24 heavy (non-hydrogen) atoms. The topological polar surface area (TPSA) is 69.5 Å². The van der Waals surface area contributed by atoms with Gasteiger partial charge >= 0.3 is 0 Å². The second-order valence-corrected chi connectivity index (χ2v) is 7.51. The fourth-order valence-corrected chi connectivity index (χ4v) is 4.30. The molecule has 4 rings (SSSR count). The number of hydrogen-bond donors (Lipinski definition) is 2. The van der Waals surface area contributed by atoms with Gasteiger partial charge in [-0.25, -0.2) is 0 Å². The SMILES string of the molecule is Cc1cc(C)c(-c2ccc(N3CC4(CCC(O)C4)C3)nn2)c(O)c1. The monoisotopic (exact) mass is 325 g/mol. The maximum atomic E-state index is 10.2. The molecule has 1 spiro atoms. The van der Waals surface area contributed by atoms with Crippen LogP contribution in [0.25, 0.3) is 11.3 Å². The van der Waals surface area contributed by atoms with E-state index in [2.05, 4.69) is 15.1 Å². The molecule has 0 bridgehead atoms. The van der Waals surface area contributed by atoms with Crippen LogP contribution in [0.4, 0.5) is 5.82 Å². The van der Waals surface area contributed by atoms with Gasteiger partial charge in [-0.05, 0) is 62.4 Å². The van der Waals surface area contributed by atoms with E-state index in [1.54, 1.807) is 6.07 Å². The van der Waals surface area contributed by atoms with Crippen molar-refractivity contribution in [2.24, 2.45) is 5.41 Å². The lowest BCUT2D eigenvalue weighted by Gasteiger charge is -2.48. The molecular formula is C19H23N3O2. The molecule has 1 unspecified atom stereocenters. The lowest BCUT2D eigenvalue weighted by atomic mass is 9.78. The molecule has 0 radical (unpaired) electrons. The number of aliphatic hydroxyl groups excluding tert-OH is 1. The Bertz CT molecular complexity index is 744. The average molecular weight is 325 g/mol. The summed E-state index contributed by atoms with van der Waals surface area (Å²) in [5, 5.41) is 28.7. The van der Waals surface area contributed by atoms with Gasteiger partial charge in [0, 0.05) is 24.1 Å². The number of aliphatic hydroxyl groups is 1. The third kappa shape index (κ3) is 2.53.